The summed E-state index contributed by atoms with van der Waals surface area (Å²) in [4.78, 5) is 0. The van der Waals surface area contributed by atoms with Crippen LogP contribution in [0.5, 0.6) is 34.5 Å². The molecule has 7 nitrogen and oxygen atoms in total. The molecule has 0 aliphatic heterocycles. The molecule has 0 aromatic heterocycles. The molecule has 2 N–H and O–H groups in total. The fourth-order valence-electron chi connectivity index (χ4n) is 7.01. The average Bonchev–Trinajstić information content (AvgIpc) is 3.24. The van der Waals surface area contributed by atoms with Crippen LogP contribution in [-0.2, 0) is 4.74 Å². The maximum absolute atomic E-state index is 10.5. The van der Waals surface area contributed by atoms with Crippen LogP contribution in [0.25, 0.3) is 22.3 Å². The van der Waals surface area contributed by atoms with Gasteiger partial charge in [-0.05, 0) is 121 Å². The highest BCUT2D eigenvalue weighted by Crippen LogP contribution is 2.47. The Kier molecular flexibility index (Phi) is 14.8. The quantitative estimate of drug-likeness (QED) is 0.0800. The van der Waals surface area contributed by atoms with E-state index in [1.165, 1.54) is 0 Å². The van der Waals surface area contributed by atoms with Gasteiger partial charge in [-0.1, -0.05) is 98.8 Å². The van der Waals surface area contributed by atoms with E-state index in [-0.39, 0.29) is 25.0 Å². The van der Waals surface area contributed by atoms with Crippen molar-refractivity contribution in [2.75, 3.05) is 26.4 Å². The highest BCUT2D eigenvalue weighted by Gasteiger charge is 2.30. The zero-order valence-corrected chi connectivity index (χ0v) is 33.3. The number of hydrogen-bond donors (Lipinski definition) is 2. The van der Waals surface area contributed by atoms with E-state index in [0.717, 1.165) is 44.9 Å². The van der Waals surface area contributed by atoms with Gasteiger partial charge in [-0.25, -0.2) is 0 Å². The van der Waals surface area contributed by atoms with Crippen LogP contribution in [0.3, 0.4) is 0 Å². The molecule has 4 atom stereocenters. The van der Waals surface area contributed by atoms with Gasteiger partial charge in [0.25, 0.3) is 0 Å². The maximum Gasteiger partial charge on any atom is 0.135 e. The van der Waals surface area contributed by atoms with Crippen molar-refractivity contribution in [2.45, 2.75) is 52.7 Å². The molecule has 6 aromatic carbocycles. The van der Waals surface area contributed by atoms with Crippen molar-refractivity contribution in [2.24, 2.45) is 11.8 Å². The molecular formula is C50H54O7. The van der Waals surface area contributed by atoms with Gasteiger partial charge in [0.2, 0.25) is 0 Å². The maximum atomic E-state index is 10.5. The number of ether oxygens (including phenoxy) is 5. The van der Waals surface area contributed by atoms with Crippen molar-refractivity contribution in [1.82, 2.24) is 0 Å². The fourth-order valence-corrected chi connectivity index (χ4v) is 7.01. The first-order valence-corrected chi connectivity index (χ1v) is 20.0. The normalized spacial score (nSPS) is 13.3. The van der Waals surface area contributed by atoms with Gasteiger partial charge in [-0.2, -0.15) is 0 Å². The molecule has 7 heteroatoms. The van der Waals surface area contributed by atoms with Crippen LogP contribution in [0, 0.1) is 11.8 Å². The standard InChI is InChI=1S/C50H54O7/c1-5-53-39-27-23-37(24-28-39)49-43(19-13-21-45(49)55-41-15-9-7-10-16-41)47(31-35(3)33-51)57-48(32-36(4)34-52)44-20-14-22-46(56-42-17-11-8-12-18-42)50(44)38-25-29-40(30-26-38)54-6-2/h7-30,35-36,47-48,51-52H,5-6,31-34H2,1-4H3. The number of aliphatic hydroxyl groups is 2. The van der Waals surface area contributed by atoms with Crippen LogP contribution in [0.2, 0.25) is 0 Å². The lowest BCUT2D eigenvalue weighted by molar-refractivity contribution is -0.0425. The number of rotatable bonds is 20. The van der Waals surface area contributed by atoms with E-state index < -0.39 is 12.2 Å². The summed E-state index contributed by atoms with van der Waals surface area (Å²) in [5.74, 6) is 4.18. The Hall–Kier alpha value is -5.60. The fraction of sp³-hybridized carbons (Fsp3) is 0.280. The Morgan fingerprint density at radius 3 is 1.18 bits per heavy atom. The highest BCUT2D eigenvalue weighted by molar-refractivity contribution is 5.77. The lowest BCUT2D eigenvalue weighted by Gasteiger charge is -2.32. The second kappa shape index (κ2) is 20.5. The second-order valence-corrected chi connectivity index (χ2v) is 14.3. The predicted octanol–water partition coefficient (Wildman–Crippen LogP) is 12.2. The second-order valence-electron chi connectivity index (χ2n) is 14.3. The molecule has 6 rings (SSSR count). The van der Waals surface area contributed by atoms with Crippen LogP contribution < -0.4 is 18.9 Å². The number of para-hydroxylation sites is 2. The molecule has 0 heterocycles. The van der Waals surface area contributed by atoms with E-state index in [2.05, 4.69) is 12.1 Å². The minimum atomic E-state index is -0.490. The molecule has 296 valence electrons. The van der Waals surface area contributed by atoms with Gasteiger partial charge in [-0.3, -0.25) is 0 Å². The van der Waals surface area contributed by atoms with Crippen LogP contribution in [0.15, 0.2) is 146 Å². The SMILES string of the molecule is CCOc1ccc(-c2c(Oc3ccccc3)cccc2C(CC(C)CO)OC(CC(C)CO)c2cccc(Oc3ccccc3)c2-c2ccc(OCC)cc2)cc1. The lowest BCUT2D eigenvalue weighted by Crippen LogP contribution is -2.19. The first-order valence-electron chi connectivity index (χ1n) is 20.0. The summed E-state index contributed by atoms with van der Waals surface area (Å²) >= 11 is 0. The van der Waals surface area contributed by atoms with Crippen molar-refractivity contribution < 1.29 is 33.9 Å². The third-order valence-electron chi connectivity index (χ3n) is 9.85. The molecule has 0 aliphatic carbocycles. The molecule has 0 aliphatic rings. The van der Waals surface area contributed by atoms with Gasteiger partial charge < -0.3 is 33.9 Å². The highest BCUT2D eigenvalue weighted by atomic mass is 16.5. The van der Waals surface area contributed by atoms with Gasteiger partial charge in [0.05, 0.1) is 25.4 Å². The third-order valence-corrected chi connectivity index (χ3v) is 9.85. The zero-order valence-electron chi connectivity index (χ0n) is 33.3. The molecule has 0 bridgehead atoms. The van der Waals surface area contributed by atoms with Crippen molar-refractivity contribution in [1.29, 1.82) is 0 Å². The summed E-state index contributed by atoms with van der Waals surface area (Å²) in [5.41, 5.74) is 5.52. The predicted molar refractivity (Wildman–Crippen MR) is 227 cm³/mol. The summed E-state index contributed by atoms with van der Waals surface area (Å²) in [6, 6.07) is 47.7. The van der Waals surface area contributed by atoms with E-state index >= 15 is 0 Å². The van der Waals surface area contributed by atoms with Crippen LogP contribution >= 0.6 is 0 Å². The zero-order chi connectivity index (χ0) is 40.0. The van der Waals surface area contributed by atoms with Crippen molar-refractivity contribution >= 4 is 0 Å². The summed E-state index contributed by atoms with van der Waals surface area (Å²) in [5, 5.41) is 20.9. The first kappa shape index (κ1) is 41.0. The topological polar surface area (TPSA) is 86.6 Å². The van der Waals surface area contributed by atoms with Crippen LogP contribution in [0.1, 0.15) is 63.9 Å². The summed E-state index contributed by atoms with van der Waals surface area (Å²) in [7, 11) is 0. The molecule has 0 spiro atoms. The molecule has 6 aromatic rings. The Bertz CT molecular complexity index is 1950. The van der Waals surface area contributed by atoms with Crippen molar-refractivity contribution in [3.05, 3.63) is 157 Å². The van der Waals surface area contributed by atoms with Gasteiger partial charge in [0.1, 0.15) is 34.5 Å². The lowest BCUT2D eigenvalue weighted by atomic mass is 9.88. The molecular weight excluding hydrogens is 713 g/mol. The minimum absolute atomic E-state index is 0.00596. The Balaban J connectivity index is 1.52. The van der Waals surface area contributed by atoms with Crippen LogP contribution in [0.4, 0.5) is 0 Å². The number of hydrogen-bond acceptors (Lipinski definition) is 7. The summed E-state index contributed by atoms with van der Waals surface area (Å²) in [6.07, 6.45) is 0.0714. The van der Waals surface area contributed by atoms with Crippen molar-refractivity contribution in [3.63, 3.8) is 0 Å². The summed E-state index contributed by atoms with van der Waals surface area (Å²) < 4.78 is 32.3. The van der Waals surface area contributed by atoms with Crippen molar-refractivity contribution in [3.8, 4) is 56.8 Å². The average molecular weight is 767 g/mol. The monoisotopic (exact) mass is 766 g/mol. The molecule has 57 heavy (non-hydrogen) atoms. The molecule has 0 saturated carbocycles. The van der Waals surface area contributed by atoms with E-state index in [1.807, 2.05) is 161 Å². The third kappa shape index (κ3) is 10.8. The number of aliphatic hydroxyl groups excluding tert-OH is 2. The smallest absolute Gasteiger partial charge is 0.135 e. The van der Waals surface area contributed by atoms with Gasteiger partial charge in [0.15, 0.2) is 0 Å². The largest absolute Gasteiger partial charge is 0.494 e. The van der Waals surface area contributed by atoms with E-state index in [9.17, 15) is 10.2 Å². The molecule has 0 fully saturated rings. The molecule has 0 radical (unpaired) electrons. The van der Waals surface area contributed by atoms with E-state index in [0.29, 0.717) is 49.1 Å². The van der Waals surface area contributed by atoms with Gasteiger partial charge in [-0.15, -0.1) is 0 Å². The minimum Gasteiger partial charge on any atom is -0.494 e. The van der Waals surface area contributed by atoms with Crippen LogP contribution in [-0.4, -0.2) is 36.6 Å². The van der Waals surface area contributed by atoms with E-state index in [4.69, 9.17) is 23.7 Å². The first-order chi connectivity index (χ1) is 27.9. The molecule has 4 unspecified atom stereocenters. The Morgan fingerprint density at radius 1 is 0.439 bits per heavy atom. The number of benzene rings is 6. The summed E-state index contributed by atoms with van der Waals surface area (Å²) in [6.45, 7) is 9.12. The Labute approximate surface area is 337 Å². The Morgan fingerprint density at radius 2 is 0.825 bits per heavy atom. The van der Waals surface area contributed by atoms with Gasteiger partial charge in [0, 0.05) is 24.3 Å². The molecule has 0 saturated heterocycles. The van der Waals surface area contributed by atoms with Gasteiger partial charge >= 0.3 is 0 Å². The van der Waals surface area contributed by atoms with E-state index in [1.54, 1.807) is 0 Å². The molecule has 0 amide bonds.